The summed E-state index contributed by atoms with van der Waals surface area (Å²) in [7, 11) is 0. The molecule has 1 saturated carbocycles. The van der Waals surface area contributed by atoms with E-state index in [0.29, 0.717) is 37.6 Å². The van der Waals surface area contributed by atoms with Gasteiger partial charge in [-0.1, -0.05) is 24.3 Å². The van der Waals surface area contributed by atoms with Gasteiger partial charge in [0.05, 0.1) is 12.1 Å². The fraction of sp³-hybridized carbons (Fsp3) is 0.571. The average Bonchev–Trinajstić information content (AvgIpc) is 3.13. The number of amidine groups is 1. The number of benzene rings is 1. The number of amides is 2. The highest BCUT2D eigenvalue weighted by Crippen LogP contribution is 2.45. The number of hydrogen-bond acceptors (Lipinski definition) is 4. The third kappa shape index (κ3) is 4.13. The van der Waals surface area contributed by atoms with Crippen LogP contribution >= 0.6 is 0 Å². The van der Waals surface area contributed by atoms with E-state index in [2.05, 4.69) is 5.32 Å². The zero-order chi connectivity index (χ0) is 20.1. The highest BCUT2D eigenvalue weighted by Gasteiger charge is 2.45. The van der Waals surface area contributed by atoms with Gasteiger partial charge in [-0.2, -0.15) is 0 Å². The van der Waals surface area contributed by atoms with Gasteiger partial charge in [0.1, 0.15) is 5.84 Å². The van der Waals surface area contributed by atoms with Crippen LogP contribution in [-0.4, -0.2) is 42.4 Å². The molecular weight excluding hydrogens is 356 g/mol. The Morgan fingerprint density at radius 2 is 2.00 bits per heavy atom. The molecule has 1 aromatic rings. The van der Waals surface area contributed by atoms with Crippen LogP contribution in [-0.2, 0) is 15.1 Å². The number of hydrogen-bond donors (Lipinski definition) is 3. The van der Waals surface area contributed by atoms with Gasteiger partial charge in [0, 0.05) is 25.1 Å². The molecule has 0 unspecified atom stereocenters. The van der Waals surface area contributed by atoms with Gasteiger partial charge in [0.2, 0.25) is 0 Å². The average molecular weight is 386 g/mol. The quantitative estimate of drug-likeness (QED) is 0.380. The van der Waals surface area contributed by atoms with Crippen molar-refractivity contribution >= 4 is 17.8 Å². The smallest absolute Gasteiger partial charge is 0.318 e. The predicted molar refractivity (Wildman–Crippen MR) is 107 cm³/mol. The van der Waals surface area contributed by atoms with Gasteiger partial charge < -0.3 is 20.7 Å². The van der Waals surface area contributed by atoms with Crippen molar-refractivity contribution in [1.82, 2.24) is 10.2 Å². The molecule has 3 rings (SSSR count). The lowest BCUT2D eigenvalue weighted by Gasteiger charge is -2.46. The maximum absolute atomic E-state index is 12.5. The van der Waals surface area contributed by atoms with Crippen LogP contribution in [0.25, 0.3) is 0 Å². The molecule has 1 aliphatic carbocycles. The van der Waals surface area contributed by atoms with Crippen LogP contribution in [0.15, 0.2) is 24.3 Å². The normalized spacial score (nSPS) is 24.7. The van der Waals surface area contributed by atoms with Crippen molar-refractivity contribution in [3.05, 3.63) is 35.4 Å². The number of esters is 1. The van der Waals surface area contributed by atoms with Gasteiger partial charge in [0.15, 0.2) is 0 Å². The molecule has 0 aromatic heterocycles. The van der Waals surface area contributed by atoms with Gasteiger partial charge in [-0.15, -0.1) is 0 Å². The van der Waals surface area contributed by atoms with Crippen molar-refractivity contribution in [3.8, 4) is 0 Å². The van der Waals surface area contributed by atoms with Crippen molar-refractivity contribution in [2.75, 3.05) is 19.7 Å². The molecule has 0 atom stereocenters. The van der Waals surface area contributed by atoms with Crippen LogP contribution in [0.2, 0.25) is 0 Å². The lowest BCUT2D eigenvalue weighted by Crippen LogP contribution is -2.50. The molecule has 7 heteroatoms. The van der Waals surface area contributed by atoms with Crippen molar-refractivity contribution in [2.24, 2.45) is 11.7 Å². The zero-order valence-electron chi connectivity index (χ0n) is 16.5. The van der Waals surface area contributed by atoms with E-state index in [0.717, 1.165) is 37.7 Å². The van der Waals surface area contributed by atoms with E-state index < -0.39 is 0 Å². The first-order valence-electron chi connectivity index (χ1n) is 10.1. The van der Waals surface area contributed by atoms with Gasteiger partial charge in [-0.05, 0) is 50.5 Å². The third-order valence-corrected chi connectivity index (χ3v) is 6.10. The molecular formula is C21H30N4O3. The standard InChI is InChI=1S/C21H30N4O3/c1-2-28-18(26)8-3-15-9-11-21(12-10-15,25-14-13-24-20(25)27)17-6-4-16(5-7-17)19(22)23/h4-7,15H,2-3,8-14H2,1H3,(H3,22,23)(H,24,27). The van der Waals surface area contributed by atoms with Crippen molar-refractivity contribution in [1.29, 1.82) is 5.41 Å². The van der Waals surface area contributed by atoms with Crippen molar-refractivity contribution in [3.63, 3.8) is 0 Å². The molecule has 28 heavy (non-hydrogen) atoms. The molecule has 1 aliphatic heterocycles. The molecule has 1 aromatic carbocycles. The molecule has 0 radical (unpaired) electrons. The van der Waals surface area contributed by atoms with Gasteiger partial charge in [-0.25, -0.2) is 4.79 Å². The largest absolute Gasteiger partial charge is 0.466 e. The highest BCUT2D eigenvalue weighted by atomic mass is 16.5. The summed E-state index contributed by atoms with van der Waals surface area (Å²) in [5.74, 6) is 0.389. The SMILES string of the molecule is CCOC(=O)CCC1CCC(c2ccc(C(=N)N)cc2)(N2CCNC2=O)CC1. The summed E-state index contributed by atoms with van der Waals surface area (Å²) in [6.45, 7) is 3.61. The van der Waals surface area contributed by atoms with E-state index in [9.17, 15) is 9.59 Å². The van der Waals surface area contributed by atoms with E-state index in [1.165, 1.54) is 0 Å². The third-order valence-electron chi connectivity index (χ3n) is 6.10. The predicted octanol–water partition coefficient (Wildman–Crippen LogP) is 2.72. The molecule has 7 nitrogen and oxygen atoms in total. The fourth-order valence-corrected chi connectivity index (χ4v) is 4.55. The first-order valence-corrected chi connectivity index (χ1v) is 10.1. The lowest BCUT2D eigenvalue weighted by atomic mass is 9.70. The molecule has 1 heterocycles. The Morgan fingerprint density at radius 3 is 2.54 bits per heavy atom. The number of carbonyl (C=O) groups excluding carboxylic acids is 2. The highest BCUT2D eigenvalue weighted by molar-refractivity contribution is 5.94. The van der Waals surface area contributed by atoms with E-state index in [-0.39, 0.29) is 23.4 Å². The summed E-state index contributed by atoms with van der Waals surface area (Å²) in [6, 6.07) is 7.71. The number of carbonyl (C=O) groups is 2. The number of nitrogens with two attached hydrogens (primary N) is 1. The van der Waals surface area contributed by atoms with E-state index in [4.69, 9.17) is 15.9 Å². The topological polar surface area (TPSA) is 109 Å². The lowest BCUT2D eigenvalue weighted by molar-refractivity contribution is -0.143. The van der Waals surface area contributed by atoms with E-state index >= 15 is 0 Å². The molecule has 0 bridgehead atoms. The Balaban J connectivity index is 1.75. The number of nitrogens with zero attached hydrogens (tertiary/aromatic N) is 1. The maximum atomic E-state index is 12.5. The van der Waals surface area contributed by atoms with E-state index in [1.54, 1.807) is 0 Å². The fourth-order valence-electron chi connectivity index (χ4n) is 4.55. The molecule has 0 spiro atoms. The summed E-state index contributed by atoms with van der Waals surface area (Å²) in [6.07, 6.45) is 4.98. The molecule has 152 valence electrons. The van der Waals surface area contributed by atoms with Crippen molar-refractivity contribution in [2.45, 2.75) is 51.0 Å². The summed E-state index contributed by atoms with van der Waals surface area (Å²) >= 11 is 0. The Labute approximate surface area is 166 Å². The number of nitrogens with one attached hydrogen (secondary N) is 2. The Kier molecular flexibility index (Phi) is 6.21. The number of ether oxygens (including phenoxy) is 1. The maximum Gasteiger partial charge on any atom is 0.318 e. The molecule has 1 saturated heterocycles. The minimum atomic E-state index is -0.337. The van der Waals surface area contributed by atoms with Crippen LogP contribution in [0.3, 0.4) is 0 Å². The van der Waals surface area contributed by atoms with Crippen LogP contribution in [0, 0.1) is 11.3 Å². The molecule has 2 amide bonds. The Hall–Kier alpha value is -2.57. The minimum absolute atomic E-state index is 0.0133. The van der Waals surface area contributed by atoms with Crippen LogP contribution in [0.4, 0.5) is 4.79 Å². The Morgan fingerprint density at radius 1 is 1.32 bits per heavy atom. The summed E-state index contributed by atoms with van der Waals surface area (Å²) in [4.78, 5) is 26.1. The molecule has 4 N–H and O–H groups in total. The van der Waals surface area contributed by atoms with E-state index in [1.807, 2.05) is 36.1 Å². The van der Waals surface area contributed by atoms with Crippen LogP contribution < -0.4 is 11.1 Å². The summed E-state index contributed by atoms with van der Waals surface area (Å²) < 4.78 is 5.04. The monoisotopic (exact) mass is 386 g/mol. The van der Waals surface area contributed by atoms with Gasteiger partial charge >= 0.3 is 12.0 Å². The summed E-state index contributed by atoms with van der Waals surface area (Å²) in [5, 5.41) is 10.5. The number of urea groups is 1. The second-order valence-corrected chi connectivity index (χ2v) is 7.69. The number of rotatable bonds is 7. The molecule has 2 fully saturated rings. The van der Waals surface area contributed by atoms with Gasteiger partial charge in [0.25, 0.3) is 0 Å². The Bertz CT molecular complexity index is 724. The van der Waals surface area contributed by atoms with Crippen LogP contribution in [0.1, 0.15) is 56.6 Å². The second-order valence-electron chi connectivity index (χ2n) is 7.69. The zero-order valence-corrected chi connectivity index (χ0v) is 16.5. The second kappa shape index (κ2) is 8.63. The molecule has 2 aliphatic rings. The minimum Gasteiger partial charge on any atom is -0.466 e. The van der Waals surface area contributed by atoms with Gasteiger partial charge in [-0.3, -0.25) is 10.2 Å². The first kappa shape index (κ1) is 20.2. The number of nitrogen functional groups attached to an aromatic ring is 1. The first-order chi connectivity index (χ1) is 13.5. The summed E-state index contributed by atoms with van der Waals surface area (Å²) in [5.41, 5.74) is 7.03. The van der Waals surface area contributed by atoms with Crippen molar-refractivity contribution < 1.29 is 14.3 Å². The van der Waals surface area contributed by atoms with Crippen LogP contribution in [0.5, 0.6) is 0 Å².